The summed E-state index contributed by atoms with van der Waals surface area (Å²) in [6, 6.07) is 6.11. The van der Waals surface area contributed by atoms with Crippen molar-refractivity contribution in [1.82, 2.24) is 25.3 Å². The van der Waals surface area contributed by atoms with Crippen LogP contribution in [0.3, 0.4) is 0 Å². The van der Waals surface area contributed by atoms with Gasteiger partial charge in [-0.3, -0.25) is 0 Å². The Kier molecular flexibility index (Phi) is 6.23. The Labute approximate surface area is 177 Å². The van der Waals surface area contributed by atoms with Gasteiger partial charge in [-0.15, -0.1) is 10.2 Å². The maximum atomic E-state index is 14.7. The van der Waals surface area contributed by atoms with Gasteiger partial charge in [0.25, 0.3) is 0 Å². The highest BCUT2D eigenvalue weighted by molar-refractivity contribution is 7.89. The number of hydrogen-bond acceptors (Lipinski definition) is 5. The summed E-state index contributed by atoms with van der Waals surface area (Å²) in [4.78, 5) is -0.200. The van der Waals surface area contributed by atoms with Gasteiger partial charge >= 0.3 is 0 Å². The number of H-pyrrole nitrogens is 1. The minimum atomic E-state index is -4.14. The number of sulfonamides is 1. The summed E-state index contributed by atoms with van der Waals surface area (Å²) in [6.45, 7) is 5.32. The molecule has 1 heterocycles. The van der Waals surface area contributed by atoms with E-state index in [0.29, 0.717) is 11.1 Å². The molecule has 2 N–H and O–H groups in total. The molecule has 0 saturated carbocycles. The molecule has 0 unspecified atom stereocenters. The van der Waals surface area contributed by atoms with Crippen molar-refractivity contribution >= 4 is 33.2 Å². The summed E-state index contributed by atoms with van der Waals surface area (Å²) in [5, 5.41) is 13.8. The van der Waals surface area contributed by atoms with Crippen LogP contribution in [-0.2, 0) is 10.0 Å². The second-order valence-electron chi connectivity index (χ2n) is 6.64. The average Bonchev–Trinajstić information content (AvgIpc) is 3.19. The number of aromatic nitrogens is 4. The van der Waals surface area contributed by atoms with Gasteiger partial charge in [-0.2, -0.15) is 9.94 Å². The monoisotopic (exact) mass is 457 g/mol. The largest absolute Gasteiger partial charge is 0.242 e. The highest BCUT2D eigenvalue weighted by atomic mass is 35.5. The maximum absolute atomic E-state index is 14.7. The zero-order valence-corrected chi connectivity index (χ0v) is 18.1. The number of nitrogens with zero attached hydrogens (tertiary/aromatic N) is 3. The summed E-state index contributed by atoms with van der Waals surface area (Å²) in [7, 11) is -4.14. The Bertz CT molecular complexity index is 1140. The highest BCUT2D eigenvalue weighted by Crippen LogP contribution is 2.35. The van der Waals surface area contributed by atoms with Gasteiger partial charge in [-0.1, -0.05) is 41.4 Å². The Balaban J connectivity index is 2.08. The topological polar surface area (TPSA) is 101 Å². The fraction of sp³-hybridized carbons (Fsp3) is 0.278. The number of nitrogens with one attached hydrogen (secondary N) is 2. The van der Waals surface area contributed by atoms with Crippen LogP contribution in [0.4, 0.5) is 4.39 Å². The van der Waals surface area contributed by atoms with E-state index in [4.69, 9.17) is 23.2 Å². The lowest BCUT2D eigenvalue weighted by atomic mass is 9.88. The van der Waals surface area contributed by atoms with E-state index in [1.165, 1.54) is 24.3 Å². The molecule has 0 bridgehead atoms. The standard InChI is InChI=1S/C18H18Cl2FN5O2S/c1-9-4-7-14(21)16(10(9)2)11(3)17(18-22-25-26-23-18)24-29(27,28)15-8-12(19)5-6-13(15)20/h4-8,11,17,24H,1-3H3,(H,22,23,25,26)/t11-,17+/m1/s1. The molecule has 2 aromatic carbocycles. The van der Waals surface area contributed by atoms with Gasteiger partial charge in [0, 0.05) is 10.9 Å². The molecule has 1 aromatic heterocycles. The molecule has 0 amide bonds. The molecular formula is C18H18Cl2FN5O2S. The molecule has 0 fully saturated rings. The number of aryl methyl sites for hydroxylation is 1. The fourth-order valence-corrected chi connectivity index (χ4v) is 5.16. The Hall–Kier alpha value is -2.07. The minimum absolute atomic E-state index is 0.000619. The van der Waals surface area contributed by atoms with Crippen LogP contribution in [0.1, 0.15) is 41.4 Å². The van der Waals surface area contributed by atoms with E-state index in [1.54, 1.807) is 19.9 Å². The predicted octanol–water partition coefficient (Wildman–Crippen LogP) is 4.09. The van der Waals surface area contributed by atoms with Gasteiger partial charge in [0.2, 0.25) is 10.0 Å². The quantitative estimate of drug-likeness (QED) is 0.580. The van der Waals surface area contributed by atoms with E-state index in [0.717, 1.165) is 5.56 Å². The molecule has 154 valence electrons. The molecule has 0 aliphatic heterocycles. The first kappa shape index (κ1) is 21.6. The maximum Gasteiger partial charge on any atom is 0.242 e. The molecule has 7 nitrogen and oxygen atoms in total. The van der Waals surface area contributed by atoms with Crippen molar-refractivity contribution in [3.8, 4) is 0 Å². The molecule has 3 rings (SSSR count). The number of tetrazole rings is 1. The molecule has 0 spiro atoms. The van der Waals surface area contributed by atoms with Crippen LogP contribution in [0.5, 0.6) is 0 Å². The zero-order chi connectivity index (χ0) is 21.3. The molecule has 0 radical (unpaired) electrons. The summed E-state index contributed by atoms with van der Waals surface area (Å²) < 4.78 is 43.3. The Morgan fingerprint density at radius 2 is 1.90 bits per heavy atom. The highest BCUT2D eigenvalue weighted by Gasteiger charge is 2.33. The Morgan fingerprint density at radius 1 is 1.17 bits per heavy atom. The molecule has 0 saturated heterocycles. The predicted molar refractivity (Wildman–Crippen MR) is 108 cm³/mol. The van der Waals surface area contributed by atoms with E-state index in [1.807, 2.05) is 6.92 Å². The summed E-state index contributed by atoms with van der Waals surface area (Å²) in [6.07, 6.45) is 0. The third-order valence-corrected chi connectivity index (χ3v) is 6.95. The van der Waals surface area contributed by atoms with Crippen LogP contribution in [0.25, 0.3) is 0 Å². The van der Waals surface area contributed by atoms with Crippen molar-refractivity contribution < 1.29 is 12.8 Å². The summed E-state index contributed by atoms with van der Waals surface area (Å²) >= 11 is 12.0. The minimum Gasteiger partial charge on any atom is -0.207 e. The second-order valence-corrected chi connectivity index (χ2v) is 9.16. The first-order valence-corrected chi connectivity index (χ1v) is 10.8. The lowest BCUT2D eigenvalue weighted by molar-refractivity contribution is 0.478. The molecule has 11 heteroatoms. The first-order valence-electron chi connectivity index (χ1n) is 8.58. The summed E-state index contributed by atoms with van der Waals surface area (Å²) in [5.41, 5.74) is 1.95. The lowest BCUT2D eigenvalue weighted by Gasteiger charge is -2.25. The number of aromatic amines is 1. The van der Waals surface area contributed by atoms with Crippen LogP contribution < -0.4 is 4.72 Å². The molecule has 0 aliphatic rings. The number of benzene rings is 2. The van der Waals surface area contributed by atoms with Gasteiger partial charge < -0.3 is 0 Å². The molecule has 3 aromatic rings. The van der Waals surface area contributed by atoms with Gasteiger partial charge in [0.1, 0.15) is 10.7 Å². The number of halogens is 3. The number of hydrogen-bond donors (Lipinski definition) is 2. The van der Waals surface area contributed by atoms with Crippen molar-refractivity contribution in [2.24, 2.45) is 0 Å². The zero-order valence-electron chi connectivity index (χ0n) is 15.7. The fourth-order valence-electron chi connectivity index (χ4n) is 3.12. The average molecular weight is 458 g/mol. The SMILES string of the molecule is Cc1ccc(F)c([C@@H](C)[C@H](NS(=O)(=O)c2cc(Cl)ccc2Cl)c2nn[nH]n2)c1C. The van der Waals surface area contributed by atoms with Crippen LogP contribution in [-0.4, -0.2) is 29.0 Å². The van der Waals surface area contributed by atoms with Gasteiger partial charge in [-0.05, 0) is 54.8 Å². The van der Waals surface area contributed by atoms with Crippen molar-refractivity contribution in [1.29, 1.82) is 0 Å². The van der Waals surface area contributed by atoms with Gasteiger partial charge in [0.15, 0.2) is 5.82 Å². The van der Waals surface area contributed by atoms with Crippen molar-refractivity contribution in [2.45, 2.75) is 37.6 Å². The second kappa shape index (κ2) is 8.35. The van der Waals surface area contributed by atoms with Crippen LogP contribution >= 0.6 is 23.2 Å². The molecule has 29 heavy (non-hydrogen) atoms. The van der Waals surface area contributed by atoms with Crippen LogP contribution in [0.15, 0.2) is 35.2 Å². The van der Waals surface area contributed by atoms with Crippen molar-refractivity contribution in [3.05, 3.63) is 68.7 Å². The third kappa shape index (κ3) is 4.42. The first-order chi connectivity index (χ1) is 13.6. The van der Waals surface area contributed by atoms with Gasteiger partial charge in [0.05, 0.1) is 11.1 Å². The molecule has 2 atom stereocenters. The van der Waals surface area contributed by atoms with Crippen molar-refractivity contribution in [2.75, 3.05) is 0 Å². The van der Waals surface area contributed by atoms with E-state index < -0.39 is 27.8 Å². The smallest absolute Gasteiger partial charge is 0.207 e. The normalized spacial score (nSPS) is 14.0. The van der Waals surface area contributed by atoms with Crippen LogP contribution in [0, 0.1) is 19.7 Å². The third-order valence-electron chi connectivity index (χ3n) is 4.79. The van der Waals surface area contributed by atoms with E-state index in [-0.39, 0.29) is 20.8 Å². The van der Waals surface area contributed by atoms with Crippen LogP contribution in [0.2, 0.25) is 10.0 Å². The molecular weight excluding hydrogens is 440 g/mol. The van der Waals surface area contributed by atoms with E-state index in [9.17, 15) is 12.8 Å². The summed E-state index contributed by atoms with van der Waals surface area (Å²) in [5.74, 6) is -1.03. The van der Waals surface area contributed by atoms with E-state index >= 15 is 0 Å². The number of rotatable bonds is 6. The molecule has 0 aliphatic carbocycles. The van der Waals surface area contributed by atoms with E-state index in [2.05, 4.69) is 25.3 Å². The Morgan fingerprint density at radius 3 is 2.55 bits per heavy atom. The van der Waals surface area contributed by atoms with Crippen molar-refractivity contribution in [3.63, 3.8) is 0 Å². The van der Waals surface area contributed by atoms with Gasteiger partial charge in [-0.25, -0.2) is 12.8 Å². The lowest BCUT2D eigenvalue weighted by Crippen LogP contribution is -2.33.